The largest absolute Gasteiger partial charge is 0.425 e. The van der Waals surface area contributed by atoms with Gasteiger partial charge in [0.2, 0.25) is 0 Å². The minimum atomic E-state index is -0.238. The highest BCUT2D eigenvalue weighted by atomic mass is 16.5. The number of rotatable bonds is 6. The number of hydrogen-bond acceptors (Lipinski definition) is 2. The quantitative estimate of drug-likeness (QED) is 0.375. The molecule has 0 saturated heterocycles. The maximum atomic E-state index is 13.4. The molecule has 158 valence electrons. The molecule has 2 aromatic rings. The van der Waals surface area contributed by atoms with Crippen LogP contribution < -0.4 is 4.74 Å². The molecule has 0 aliphatic carbocycles. The molecular weight excluding hydrogens is 356 g/mol. The third kappa shape index (κ3) is 5.95. The molecule has 0 N–H and O–H groups in total. The van der Waals surface area contributed by atoms with Crippen LogP contribution in [0.3, 0.4) is 0 Å². The molecule has 0 saturated carbocycles. The van der Waals surface area contributed by atoms with Crippen LogP contribution in [0.1, 0.15) is 95.9 Å². The van der Waals surface area contributed by atoms with Crippen molar-refractivity contribution in [2.45, 2.75) is 91.4 Å². The van der Waals surface area contributed by atoms with E-state index in [1.807, 2.05) is 30.3 Å². The van der Waals surface area contributed by atoms with E-state index in [1.54, 1.807) is 0 Å². The normalized spacial score (nSPS) is 13.2. The van der Waals surface area contributed by atoms with Crippen LogP contribution in [0, 0.1) is 6.92 Å². The monoisotopic (exact) mass is 394 g/mol. The summed E-state index contributed by atoms with van der Waals surface area (Å²) in [5.74, 6) is 0.362. The van der Waals surface area contributed by atoms with Gasteiger partial charge in [0.15, 0.2) is 0 Å². The zero-order valence-electron chi connectivity index (χ0n) is 19.6. The number of benzene rings is 2. The maximum Gasteiger partial charge on any atom is 0.318 e. The molecule has 0 aliphatic rings. The van der Waals surface area contributed by atoms with Gasteiger partial charge in [-0.25, -0.2) is 0 Å². The van der Waals surface area contributed by atoms with Gasteiger partial charge in [-0.1, -0.05) is 109 Å². The number of ether oxygens (including phenoxy) is 1. The minimum Gasteiger partial charge on any atom is -0.425 e. The van der Waals surface area contributed by atoms with Crippen molar-refractivity contribution in [2.75, 3.05) is 0 Å². The lowest BCUT2D eigenvalue weighted by molar-refractivity contribution is -0.136. The fraction of sp³-hybridized carbons (Fsp3) is 0.519. The third-order valence-electron chi connectivity index (χ3n) is 5.38. The van der Waals surface area contributed by atoms with Gasteiger partial charge < -0.3 is 4.74 Å². The second-order valence-electron chi connectivity index (χ2n) is 10.2. The van der Waals surface area contributed by atoms with E-state index in [0.717, 1.165) is 41.7 Å². The van der Waals surface area contributed by atoms with Crippen LogP contribution in [-0.2, 0) is 15.6 Å². The molecule has 0 unspecified atom stereocenters. The summed E-state index contributed by atoms with van der Waals surface area (Å²) in [4.78, 5) is 13.4. The molecule has 2 rings (SSSR count). The van der Waals surface area contributed by atoms with Crippen molar-refractivity contribution in [1.82, 2.24) is 0 Å². The fourth-order valence-electron chi connectivity index (χ4n) is 3.68. The maximum absolute atomic E-state index is 13.4. The van der Waals surface area contributed by atoms with Gasteiger partial charge in [-0.05, 0) is 29.7 Å². The topological polar surface area (TPSA) is 26.3 Å². The molecule has 2 aromatic carbocycles. The summed E-state index contributed by atoms with van der Waals surface area (Å²) in [7, 11) is 0. The molecule has 2 nitrogen and oxygen atoms in total. The smallest absolute Gasteiger partial charge is 0.318 e. The summed E-state index contributed by atoms with van der Waals surface area (Å²) >= 11 is 0. The van der Waals surface area contributed by atoms with Gasteiger partial charge in [-0.2, -0.15) is 0 Å². The van der Waals surface area contributed by atoms with Gasteiger partial charge in [-0.15, -0.1) is 0 Å². The molecule has 0 heterocycles. The van der Waals surface area contributed by atoms with E-state index in [4.69, 9.17) is 4.74 Å². The molecule has 0 fully saturated rings. The van der Waals surface area contributed by atoms with E-state index in [2.05, 4.69) is 67.5 Å². The standard InChI is InChI=1S/C27H38O2/c1-9-10-16-21(20-14-12-11-13-15-20)25(28)29-24-22(26(3,4)5)17-19(2)18-23(24)27(6,7)8/h11-15,17-18,21H,9-10,16H2,1-8H3/t21-/m0/s1. The lowest BCUT2D eigenvalue weighted by Gasteiger charge is -2.30. The number of carbonyl (C=O) groups is 1. The predicted octanol–water partition coefficient (Wildman–Crippen LogP) is 7.47. The summed E-state index contributed by atoms with van der Waals surface area (Å²) in [5, 5.41) is 0. The highest BCUT2D eigenvalue weighted by molar-refractivity contribution is 5.81. The Balaban J connectivity index is 2.54. The zero-order valence-corrected chi connectivity index (χ0v) is 19.6. The van der Waals surface area contributed by atoms with Gasteiger partial charge >= 0.3 is 5.97 Å². The molecule has 2 heteroatoms. The molecule has 0 bridgehead atoms. The van der Waals surface area contributed by atoms with E-state index in [0.29, 0.717) is 0 Å². The summed E-state index contributed by atoms with van der Waals surface area (Å²) < 4.78 is 6.26. The lowest BCUT2D eigenvalue weighted by Crippen LogP contribution is -2.25. The number of carbonyl (C=O) groups excluding carboxylic acids is 1. The molecule has 0 spiro atoms. The summed E-state index contributed by atoms with van der Waals surface area (Å²) in [6.07, 6.45) is 2.86. The van der Waals surface area contributed by atoms with Crippen LogP contribution in [0.5, 0.6) is 5.75 Å². The average Bonchev–Trinajstić information content (AvgIpc) is 2.62. The number of esters is 1. The first-order valence-corrected chi connectivity index (χ1v) is 10.9. The molecule has 29 heavy (non-hydrogen) atoms. The van der Waals surface area contributed by atoms with Crippen LogP contribution in [-0.4, -0.2) is 5.97 Å². The van der Waals surface area contributed by atoms with E-state index >= 15 is 0 Å². The Morgan fingerprint density at radius 1 is 0.931 bits per heavy atom. The first-order valence-electron chi connectivity index (χ1n) is 10.9. The summed E-state index contributed by atoms with van der Waals surface area (Å²) in [6.45, 7) is 17.3. The second-order valence-corrected chi connectivity index (χ2v) is 10.2. The van der Waals surface area contributed by atoms with Crippen molar-refractivity contribution in [3.8, 4) is 5.75 Å². The predicted molar refractivity (Wildman–Crippen MR) is 123 cm³/mol. The average molecular weight is 395 g/mol. The molecule has 0 aliphatic heterocycles. The first-order chi connectivity index (χ1) is 13.4. The molecular formula is C27H38O2. The van der Waals surface area contributed by atoms with Gasteiger partial charge in [-0.3, -0.25) is 4.79 Å². The number of unbranched alkanes of at least 4 members (excludes halogenated alkanes) is 1. The van der Waals surface area contributed by atoms with Crippen molar-refractivity contribution in [3.05, 3.63) is 64.7 Å². The molecule has 1 atom stereocenters. The Bertz CT molecular complexity index is 785. The minimum absolute atomic E-state index is 0.118. The number of aryl methyl sites for hydroxylation is 1. The highest BCUT2D eigenvalue weighted by Gasteiger charge is 2.31. The Labute approximate surface area is 177 Å². The van der Waals surface area contributed by atoms with Crippen molar-refractivity contribution < 1.29 is 9.53 Å². The van der Waals surface area contributed by atoms with E-state index in [1.165, 1.54) is 5.56 Å². The second kappa shape index (κ2) is 9.15. The van der Waals surface area contributed by atoms with Crippen molar-refractivity contribution >= 4 is 5.97 Å². The zero-order chi connectivity index (χ0) is 21.8. The third-order valence-corrected chi connectivity index (χ3v) is 5.38. The van der Waals surface area contributed by atoms with Crippen LogP contribution >= 0.6 is 0 Å². The van der Waals surface area contributed by atoms with Gasteiger partial charge in [0, 0.05) is 11.1 Å². The molecule has 0 amide bonds. The Hall–Kier alpha value is -2.09. The molecule has 0 radical (unpaired) electrons. The van der Waals surface area contributed by atoms with Gasteiger partial charge in [0.25, 0.3) is 0 Å². The van der Waals surface area contributed by atoms with Crippen molar-refractivity contribution in [3.63, 3.8) is 0 Å². The van der Waals surface area contributed by atoms with Crippen LogP contribution in [0.4, 0.5) is 0 Å². The Kier molecular flexibility index (Phi) is 7.32. The summed E-state index contributed by atoms with van der Waals surface area (Å²) in [5.41, 5.74) is 4.19. The van der Waals surface area contributed by atoms with Crippen LogP contribution in [0.15, 0.2) is 42.5 Å². The SMILES string of the molecule is CCCC[C@H](C(=O)Oc1c(C(C)(C)C)cc(C)cc1C(C)(C)C)c1ccccc1. The Morgan fingerprint density at radius 3 is 1.90 bits per heavy atom. The fourth-order valence-corrected chi connectivity index (χ4v) is 3.68. The first kappa shape index (κ1) is 23.2. The molecule has 0 aromatic heterocycles. The lowest BCUT2D eigenvalue weighted by atomic mass is 9.78. The van der Waals surface area contributed by atoms with Crippen LogP contribution in [0.2, 0.25) is 0 Å². The van der Waals surface area contributed by atoms with Crippen LogP contribution in [0.25, 0.3) is 0 Å². The van der Waals surface area contributed by atoms with E-state index in [9.17, 15) is 4.79 Å². The van der Waals surface area contributed by atoms with Gasteiger partial charge in [0.05, 0.1) is 5.92 Å². The Morgan fingerprint density at radius 2 is 1.45 bits per heavy atom. The van der Waals surface area contributed by atoms with Gasteiger partial charge in [0.1, 0.15) is 5.75 Å². The number of hydrogen-bond donors (Lipinski definition) is 0. The summed E-state index contributed by atoms with van der Waals surface area (Å²) in [6, 6.07) is 14.4. The van der Waals surface area contributed by atoms with Crippen molar-refractivity contribution in [2.24, 2.45) is 0 Å². The van der Waals surface area contributed by atoms with Crippen molar-refractivity contribution in [1.29, 1.82) is 0 Å². The van der Waals surface area contributed by atoms with E-state index < -0.39 is 0 Å². The highest BCUT2D eigenvalue weighted by Crippen LogP contribution is 2.41. The van der Waals surface area contributed by atoms with E-state index in [-0.39, 0.29) is 22.7 Å².